The first-order chi connectivity index (χ1) is 8.24. The Kier molecular flexibility index (Phi) is 2.95. The number of nitrogens with zero attached hydrogens (tertiary/aromatic N) is 2. The van der Waals surface area contributed by atoms with Crippen molar-refractivity contribution in [3.05, 3.63) is 17.5 Å². The number of nitrogens with one attached hydrogen (secondary N) is 1. The highest BCUT2D eigenvalue weighted by molar-refractivity contribution is 6.31. The average Bonchev–Trinajstić information content (AvgIpc) is 2.94. The van der Waals surface area contributed by atoms with Crippen LogP contribution >= 0.6 is 11.6 Å². The Balaban J connectivity index is 1.68. The van der Waals surface area contributed by atoms with Gasteiger partial charge >= 0.3 is 0 Å². The number of anilines is 1. The summed E-state index contributed by atoms with van der Waals surface area (Å²) in [6, 6.07) is 0.444. The zero-order valence-corrected chi connectivity index (χ0v) is 10.8. The van der Waals surface area contributed by atoms with Gasteiger partial charge in [-0.2, -0.15) is 0 Å². The molecule has 3 rings (SSSR count). The molecule has 17 heavy (non-hydrogen) atoms. The lowest BCUT2D eigenvalue weighted by Gasteiger charge is -2.28. The normalized spacial score (nSPS) is 32.7. The smallest absolute Gasteiger partial charge is 0.171 e. The van der Waals surface area contributed by atoms with Crippen molar-refractivity contribution in [2.75, 3.05) is 5.32 Å². The zero-order chi connectivity index (χ0) is 11.8. The topological polar surface area (TPSA) is 37.8 Å². The number of fused-ring (bicyclic) bond motifs is 2. The fourth-order valence-electron chi connectivity index (χ4n) is 3.65. The summed E-state index contributed by atoms with van der Waals surface area (Å²) in [5, 5.41) is 3.91. The second-order valence-corrected chi connectivity index (χ2v) is 5.83. The van der Waals surface area contributed by atoms with E-state index in [1.165, 1.54) is 25.7 Å². The molecule has 1 aromatic rings. The van der Waals surface area contributed by atoms with Crippen molar-refractivity contribution in [2.45, 2.75) is 38.6 Å². The van der Waals surface area contributed by atoms with Gasteiger partial charge < -0.3 is 5.32 Å². The minimum Gasteiger partial charge on any atom is -0.365 e. The van der Waals surface area contributed by atoms with Crippen LogP contribution in [0, 0.1) is 17.8 Å². The van der Waals surface area contributed by atoms with Gasteiger partial charge in [-0.1, -0.05) is 18.0 Å². The van der Waals surface area contributed by atoms with Crippen molar-refractivity contribution < 1.29 is 0 Å². The molecule has 2 aliphatic carbocycles. The standard InChI is InChI=1S/C13H18ClN3/c1-8(11-7-9-2-3-10(11)6-9)17-13-12(14)15-4-5-16-13/h4-5,8-11H,2-3,6-7H2,1H3,(H,16,17). The van der Waals surface area contributed by atoms with E-state index in [0.717, 1.165) is 23.6 Å². The van der Waals surface area contributed by atoms with Crippen molar-refractivity contribution in [3.8, 4) is 0 Å². The van der Waals surface area contributed by atoms with Crippen LogP contribution in [0.2, 0.25) is 5.15 Å². The second kappa shape index (κ2) is 4.45. The van der Waals surface area contributed by atoms with E-state index in [4.69, 9.17) is 11.6 Å². The van der Waals surface area contributed by atoms with Gasteiger partial charge in [-0.05, 0) is 43.9 Å². The third-order valence-corrected chi connectivity index (χ3v) is 4.73. The molecule has 4 unspecified atom stereocenters. The minimum atomic E-state index is 0.444. The summed E-state index contributed by atoms with van der Waals surface area (Å²) < 4.78 is 0. The molecule has 92 valence electrons. The number of aromatic nitrogens is 2. The lowest BCUT2D eigenvalue weighted by Crippen LogP contribution is -2.30. The van der Waals surface area contributed by atoms with Gasteiger partial charge in [0.2, 0.25) is 0 Å². The first-order valence-electron chi connectivity index (χ1n) is 6.47. The third-order valence-electron chi connectivity index (χ3n) is 4.45. The van der Waals surface area contributed by atoms with Gasteiger partial charge in [0, 0.05) is 18.4 Å². The summed E-state index contributed by atoms with van der Waals surface area (Å²) in [4.78, 5) is 8.29. The minimum absolute atomic E-state index is 0.444. The van der Waals surface area contributed by atoms with Gasteiger partial charge in [0.15, 0.2) is 11.0 Å². The molecule has 2 aliphatic rings. The van der Waals surface area contributed by atoms with Crippen LogP contribution in [0.5, 0.6) is 0 Å². The molecular formula is C13H18ClN3. The Morgan fingerprint density at radius 1 is 1.29 bits per heavy atom. The highest BCUT2D eigenvalue weighted by Gasteiger charge is 2.41. The van der Waals surface area contributed by atoms with Gasteiger partial charge in [-0.25, -0.2) is 9.97 Å². The first kappa shape index (κ1) is 11.3. The molecule has 4 heteroatoms. The van der Waals surface area contributed by atoms with E-state index >= 15 is 0 Å². The van der Waals surface area contributed by atoms with Gasteiger partial charge in [-0.3, -0.25) is 0 Å². The first-order valence-corrected chi connectivity index (χ1v) is 6.85. The molecule has 1 heterocycles. The summed E-state index contributed by atoms with van der Waals surface area (Å²) >= 11 is 6.02. The molecular weight excluding hydrogens is 234 g/mol. The van der Waals surface area contributed by atoms with Crippen LogP contribution in [0.4, 0.5) is 5.82 Å². The Morgan fingerprint density at radius 2 is 2.12 bits per heavy atom. The fourth-order valence-corrected chi connectivity index (χ4v) is 3.81. The van der Waals surface area contributed by atoms with Crippen molar-refractivity contribution in [2.24, 2.45) is 17.8 Å². The molecule has 0 amide bonds. The van der Waals surface area contributed by atoms with Gasteiger partial charge in [0.05, 0.1) is 0 Å². The molecule has 0 aliphatic heterocycles. The highest BCUT2D eigenvalue weighted by Crippen LogP contribution is 2.49. The zero-order valence-electron chi connectivity index (χ0n) is 10.1. The van der Waals surface area contributed by atoms with Crippen LogP contribution < -0.4 is 5.32 Å². The van der Waals surface area contributed by atoms with Crippen LogP contribution in [0.1, 0.15) is 32.6 Å². The largest absolute Gasteiger partial charge is 0.365 e. The molecule has 0 spiro atoms. The van der Waals surface area contributed by atoms with E-state index in [-0.39, 0.29) is 0 Å². The maximum atomic E-state index is 6.02. The van der Waals surface area contributed by atoms with Crippen LogP contribution in [-0.2, 0) is 0 Å². The van der Waals surface area contributed by atoms with Gasteiger partial charge in [0.25, 0.3) is 0 Å². The lowest BCUT2D eigenvalue weighted by atomic mass is 9.84. The number of hydrogen-bond donors (Lipinski definition) is 1. The monoisotopic (exact) mass is 251 g/mol. The molecule has 3 nitrogen and oxygen atoms in total. The average molecular weight is 252 g/mol. The molecule has 2 bridgehead atoms. The maximum absolute atomic E-state index is 6.02. The van der Waals surface area contributed by atoms with Crippen LogP contribution in [-0.4, -0.2) is 16.0 Å². The Hall–Kier alpha value is -0.830. The van der Waals surface area contributed by atoms with Crippen molar-refractivity contribution in [1.29, 1.82) is 0 Å². The van der Waals surface area contributed by atoms with Crippen molar-refractivity contribution >= 4 is 17.4 Å². The Labute approximate surface area is 107 Å². The molecule has 2 saturated carbocycles. The number of hydrogen-bond acceptors (Lipinski definition) is 3. The van der Waals surface area contributed by atoms with Crippen molar-refractivity contribution in [3.63, 3.8) is 0 Å². The Bertz CT molecular complexity index is 409. The second-order valence-electron chi connectivity index (χ2n) is 5.47. The van der Waals surface area contributed by atoms with E-state index in [1.807, 2.05) is 0 Å². The predicted octanol–water partition coefficient (Wildman–Crippen LogP) is 3.37. The number of halogens is 1. The molecule has 2 fully saturated rings. The molecule has 0 radical (unpaired) electrons. The molecule has 1 N–H and O–H groups in total. The summed E-state index contributed by atoms with van der Waals surface area (Å²) in [5.74, 6) is 3.40. The molecule has 1 aromatic heterocycles. The van der Waals surface area contributed by atoms with E-state index in [2.05, 4.69) is 22.2 Å². The summed E-state index contributed by atoms with van der Waals surface area (Å²) in [6.07, 6.45) is 8.97. The van der Waals surface area contributed by atoms with Crippen LogP contribution in [0.25, 0.3) is 0 Å². The maximum Gasteiger partial charge on any atom is 0.171 e. The third kappa shape index (κ3) is 2.13. The van der Waals surface area contributed by atoms with Gasteiger partial charge in [0.1, 0.15) is 0 Å². The Morgan fingerprint density at radius 3 is 2.76 bits per heavy atom. The lowest BCUT2D eigenvalue weighted by molar-refractivity contribution is 0.304. The number of rotatable bonds is 3. The van der Waals surface area contributed by atoms with E-state index in [0.29, 0.717) is 11.2 Å². The molecule has 0 aromatic carbocycles. The summed E-state index contributed by atoms with van der Waals surface area (Å²) in [5.41, 5.74) is 0. The molecule has 0 saturated heterocycles. The predicted molar refractivity (Wildman–Crippen MR) is 69.1 cm³/mol. The van der Waals surface area contributed by atoms with E-state index < -0.39 is 0 Å². The van der Waals surface area contributed by atoms with E-state index in [1.54, 1.807) is 12.4 Å². The van der Waals surface area contributed by atoms with Crippen LogP contribution in [0.3, 0.4) is 0 Å². The molecule has 4 atom stereocenters. The summed E-state index contributed by atoms with van der Waals surface area (Å²) in [7, 11) is 0. The van der Waals surface area contributed by atoms with Crippen LogP contribution in [0.15, 0.2) is 12.4 Å². The van der Waals surface area contributed by atoms with Gasteiger partial charge in [-0.15, -0.1) is 0 Å². The highest BCUT2D eigenvalue weighted by atomic mass is 35.5. The van der Waals surface area contributed by atoms with Crippen molar-refractivity contribution in [1.82, 2.24) is 9.97 Å². The summed E-state index contributed by atoms with van der Waals surface area (Å²) in [6.45, 7) is 2.25. The fraction of sp³-hybridized carbons (Fsp3) is 0.692. The van der Waals surface area contributed by atoms with E-state index in [9.17, 15) is 0 Å². The quantitative estimate of drug-likeness (QED) is 0.895. The SMILES string of the molecule is CC(Nc1nccnc1Cl)C1CC2CCC1C2.